The number of carbonyl (C=O) groups is 1. The molecular formula is C17H11BrCl2N4O. The van der Waals surface area contributed by atoms with Crippen LogP contribution in [0.25, 0.3) is 11.3 Å². The van der Waals surface area contributed by atoms with Crippen LogP contribution in [-0.2, 0) is 0 Å². The molecule has 1 heterocycles. The second kappa shape index (κ2) is 7.82. The maximum Gasteiger partial charge on any atom is 0.289 e. The van der Waals surface area contributed by atoms with Gasteiger partial charge in [-0.05, 0) is 42.0 Å². The van der Waals surface area contributed by atoms with Crippen LogP contribution in [0.4, 0.5) is 0 Å². The first-order valence-electron chi connectivity index (χ1n) is 7.13. The van der Waals surface area contributed by atoms with E-state index >= 15 is 0 Å². The second-order valence-electron chi connectivity index (χ2n) is 5.04. The van der Waals surface area contributed by atoms with E-state index in [1.54, 1.807) is 30.5 Å². The van der Waals surface area contributed by atoms with Crippen LogP contribution < -0.4 is 5.43 Å². The minimum atomic E-state index is -0.405. The Morgan fingerprint density at radius 1 is 1.16 bits per heavy atom. The van der Waals surface area contributed by atoms with E-state index in [4.69, 9.17) is 23.2 Å². The topological polar surface area (TPSA) is 70.1 Å². The Bertz CT molecular complexity index is 938. The number of benzene rings is 2. The number of hydrogen-bond acceptors (Lipinski definition) is 3. The molecular weight excluding hydrogens is 427 g/mol. The highest BCUT2D eigenvalue weighted by atomic mass is 79.9. The van der Waals surface area contributed by atoms with Crippen LogP contribution in [0.3, 0.4) is 0 Å². The fourth-order valence-corrected chi connectivity index (χ4v) is 2.82. The molecule has 0 saturated heterocycles. The van der Waals surface area contributed by atoms with Crippen LogP contribution in [0, 0.1) is 0 Å². The number of H-pyrrole nitrogens is 1. The van der Waals surface area contributed by atoms with Gasteiger partial charge in [0.15, 0.2) is 0 Å². The van der Waals surface area contributed by atoms with Gasteiger partial charge in [0.25, 0.3) is 5.91 Å². The van der Waals surface area contributed by atoms with Crippen LogP contribution in [0.2, 0.25) is 10.0 Å². The van der Waals surface area contributed by atoms with Crippen molar-refractivity contribution < 1.29 is 4.79 Å². The number of halogens is 3. The molecule has 1 amide bonds. The molecule has 1 aromatic heterocycles. The number of carbonyl (C=O) groups excluding carboxylic acids is 1. The molecule has 2 aromatic carbocycles. The van der Waals surface area contributed by atoms with E-state index in [9.17, 15) is 4.79 Å². The van der Waals surface area contributed by atoms with E-state index in [-0.39, 0.29) is 5.69 Å². The second-order valence-corrected chi connectivity index (χ2v) is 6.80. The zero-order valence-corrected chi connectivity index (χ0v) is 15.7. The Morgan fingerprint density at radius 2 is 1.92 bits per heavy atom. The Hall–Kier alpha value is -2.15. The summed E-state index contributed by atoms with van der Waals surface area (Å²) in [5.41, 5.74) is 4.80. The molecule has 25 heavy (non-hydrogen) atoms. The predicted molar refractivity (Wildman–Crippen MR) is 103 cm³/mol. The Balaban J connectivity index is 1.69. The molecule has 8 heteroatoms. The molecule has 0 aliphatic heterocycles. The Morgan fingerprint density at radius 3 is 2.64 bits per heavy atom. The van der Waals surface area contributed by atoms with Crippen molar-refractivity contribution in [1.82, 2.24) is 15.6 Å². The average molecular weight is 438 g/mol. The maximum atomic E-state index is 12.1. The number of aromatic nitrogens is 2. The van der Waals surface area contributed by atoms with E-state index in [0.717, 1.165) is 10.0 Å². The summed E-state index contributed by atoms with van der Waals surface area (Å²) in [4.78, 5) is 12.1. The van der Waals surface area contributed by atoms with Gasteiger partial charge in [-0.2, -0.15) is 10.2 Å². The molecule has 0 unspecified atom stereocenters. The van der Waals surface area contributed by atoms with Crippen molar-refractivity contribution in [3.8, 4) is 11.3 Å². The minimum Gasteiger partial charge on any atom is -0.272 e. The zero-order chi connectivity index (χ0) is 17.8. The molecule has 3 rings (SSSR count). The van der Waals surface area contributed by atoms with Gasteiger partial charge in [0.05, 0.1) is 16.9 Å². The Kier molecular flexibility index (Phi) is 5.53. The monoisotopic (exact) mass is 436 g/mol. The standard InChI is InChI=1S/C17H11BrCl2N4O/c18-11-3-1-10(2-4-11)9-21-24-17(25)16-8-15(22-23-16)13-6-5-12(19)7-14(13)20/h1-9H,(H,22,23)(H,24,25). The molecule has 0 atom stereocenters. The molecule has 0 bridgehead atoms. The van der Waals surface area contributed by atoms with Crippen molar-refractivity contribution in [2.75, 3.05) is 0 Å². The van der Waals surface area contributed by atoms with E-state index in [1.165, 1.54) is 0 Å². The summed E-state index contributed by atoms with van der Waals surface area (Å²) in [5.74, 6) is -0.405. The lowest BCUT2D eigenvalue weighted by atomic mass is 10.1. The summed E-state index contributed by atoms with van der Waals surface area (Å²) >= 11 is 15.4. The Labute approximate surface area is 162 Å². The molecule has 0 aliphatic rings. The van der Waals surface area contributed by atoms with Crippen molar-refractivity contribution in [2.45, 2.75) is 0 Å². The van der Waals surface area contributed by atoms with Gasteiger partial charge in [0.2, 0.25) is 0 Å². The van der Waals surface area contributed by atoms with Gasteiger partial charge in [-0.1, -0.05) is 51.3 Å². The van der Waals surface area contributed by atoms with Gasteiger partial charge in [-0.25, -0.2) is 5.43 Å². The normalized spacial score (nSPS) is 11.0. The molecule has 2 N–H and O–H groups in total. The van der Waals surface area contributed by atoms with Gasteiger partial charge in [-0.15, -0.1) is 0 Å². The minimum absolute atomic E-state index is 0.272. The van der Waals surface area contributed by atoms with Crippen molar-refractivity contribution >= 4 is 51.3 Å². The third kappa shape index (κ3) is 4.48. The van der Waals surface area contributed by atoms with Crippen LogP contribution in [-0.4, -0.2) is 22.3 Å². The number of nitrogens with one attached hydrogen (secondary N) is 2. The smallest absolute Gasteiger partial charge is 0.272 e. The van der Waals surface area contributed by atoms with Gasteiger partial charge in [0, 0.05) is 15.1 Å². The third-order valence-electron chi connectivity index (χ3n) is 3.28. The summed E-state index contributed by atoms with van der Waals surface area (Å²) in [6.07, 6.45) is 1.55. The van der Waals surface area contributed by atoms with Gasteiger partial charge >= 0.3 is 0 Å². The number of hydrogen-bond donors (Lipinski definition) is 2. The zero-order valence-electron chi connectivity index (χ0n) is 12.6. The lowest BCUT2D eigenvalue weighted by Gasteiger charge is -2.00. The number of rotatable bonds is 4. The lowest BCUT2D eigenvalue weighted by molar-refractivity contribution is 0.0950. The first-order valence-corrected chi connectivity index (χ1v) is 8.67. The van der Waals surface area contributed by atoms with Crippen LogP contribution >= 0.6 is 39.1 Å². The quantitative estimate of drug-likeness (QED) is 0.449. The molecule has 3 aromatic rings. The summed E-state index contributed by atoms with van der Waals surface area (Å²) in [6.45, 7) is 0. The molecule has 126 valence electrons. The van der Waals surface area contributed by atoms with Gasteiger partial charge in [0.1, 0.15) is 5.69 Å². The van der Waals surface area contributed by atoms with E-state index in [1.807, 2.05) is 24.3 Å². The summed E-state index contributed by atoms with van der Waals surface area (Å²) < 4.78 is 0.972. The molecule has 0 radical (unpaired) electrons. The first-order chi connectivity index (χ1) is 12.0. The fraction of sp³-hybridized carbons (Fsp3) is 0. The highest BCUT2D eigenvalue weighted by Crippen LogP contribution is 2.29. The van der Waals surface area contributed by atoms with E-state index in [2.05, 4.69) is 36.7 Å². The van der Waals surface area contributed by atoms with Gasteiger partial charge in [-0.3, -0.25) is 9.89 Å². The number of amides is 1. The van der Waals surface area contributed by atoms with E-state index < -0.39 is 5.91 Å². The molecule has 5 nitrogen and oxygen atoms in total. The highest BCUT2D eigenvalue weighted by Gasteiger charge is 2.12. The van der Waals surface area contributed by atoms with Crippen molar-refractivity contribution in [3.63, 3.8) is 0 Å². The largest absolute Gasteiger partial charge is 0.289 e. The summed E-state index contributed by atoms with van der Waals surface area (Å²) in [6, 6.07) is 14.2. The molecule has 0 fully saturated rings. The van der Waals surface area contributed by atoms with Crippen molar-refractivity contribution in [3.05, 3.63) is 74.3 Å². The molecule has 0 spiro atoms. The molecule has 0 saturated carbocycles. The third-order valence-corrected chi connectivity index (χ3v) is 4.36. The van der Waals surface area contributed by atoms with Crippen LogP contribution in [0.15, 0.2) is 58.1 Å². The number of hydrazone groups is 1. The fourth-order valence-electron chi connectivity index (χ4n) is 2.05. The predicted octanol–water partition coefficient (Wildman–Crippen LogP) is 4.91. The van der Waals surface area contributed by atoms with Crippen molar-refractivity contribution in [2.24, 2.45) is 5.10 Å². The van der Waals surface area contributed by atoms with Crippen LogP contribution in [0.1, 0.15) is 16.1 Å². The SMILES string of the molecule is O=C(NN=Cc1ccc(Br)cc1)c1cc(-c2ccc(Cl)cc2Cl)n[nH]1. The highest BCUT2D eigenvalue weighted by molar-refractivity contribution is 9.10. The lowest BCUT2D eigenvalue weighted by Crippen LogP contribution is -2.17. The average Bonchev–Trinajstić information content (AvgIpc) is 3.06. The molecule has 0 aliphatic carbocycles. The van der Waals surface area contributed by atoms with E-state index in [0.29, 0.717) is 21.3 Å². The number of nitrogens with zero attached hydrogens (tertiary/aromatic N) is 2. The van der Waals surface area contributed by atoms with Crippen molar-refractivity contribution in [1.29, 1.82) is 0 Å². The first kappa shape index (κ1) is 17.7. The number of aromatic amines is 1. The summed E-state index contributed by atoms with van der Waals surface area (Å²) in [7, 11) is 0. The summed E-state index contributed by atoms with van der Waals surface area (Å²) in [5, 5.41) is 11.7. The maximum absolute atomic E-state index is 12.1. The van der Waals surface area contributed by atoms with Crippen LogP contribution in [0.5, 0.6) is 0 Å². The van der Waals surface area contributed by atoms with Gasteiger partial charge < -0.3 is 0 Å².